The van der Waals surface area contributed by atoms with Crippen LogP contribution in [-0.2, 0) is 0 Å². The topological polar surface area (TPSA) is 87.0 Å². The molecule has 2 rings (SSSR count). The molecule has 1 amide bonds. The molecule has 2 N–H and O–H groups in total. The zero-order chi connectivity index (χ0) is 18.9. The van der Waals surface area contributed by atoms with Gasteiger partial charge in [0, 0.05) is 22.8 Å². The van der Waals surface area contributed by atoms with E-state index in [4.69, 9.17) is 4.74 Å². The Morgan fingerprint density at radius 1 is 1.38 bits per heavy atom. The van der Waals surface area contributed by atoms with Gasteiger partial charge in [0.25, 0.3) is 5.91 Å². The van der Waals surface area contributed by atoms with Crippen molar-refractivity contribution in [2.75, 3.05) is 6.61 Å². The van der Waals surface area contributed by atoms with E-state index in [1.54, 1.807) is 24.3 Å². The Labute approximate surface area is 157 Å². The molecular weight excluding hydrogens is 348 g/mol. The number of amides is 1. The van der Waals surface area contributed by atoms with E-state index in [0.717, 1.165) is 17.9 Å². The van der Waals surface area contributed by atoms with Crippen molar-refractivity contribution in [1.29, 1.82) is 5.26 Å². The summed E-state index contributed by atoms with van der Waals surface area (Å²) < 4.78 is 5.63. The minimum absolute atomic E-state index is 0.303. The van der Waals surface area contributed by atoms with E-state index >= 15 is 0 Å². The Hall–Kier alpha value is -2.85. The summed E-state index contributed by atoms with van der Waals surface area (Å²) in [5.74, 6) is 1.02. The molecule has 0 atom stereocenters. The van der Waals surface area contributed by atoms with Gasteiger partial charge in [-0.3, -0.25) is 10.2 Å². The van der Waals surface area contributed by atoms with Gasteiger partial charge in [0.1, 0.15) is 22.4 Å². The third kappa shape index (κ3) is 5.90. The van der Waals surface area contributed by atoms with Gasteiger partial charge in [-0.1, -0.05) is 13.8 Å². The molecule has 2 aromatic rings. The Morgan fingerprint density at radius 2 is 2.12 bits per heavy atom. The molecule has 0 aliphatic carbocycles. The van der Waals surface area contributed by atoms with Crippen LogP contribution in [0.4, 0.5) is 0 Å². The standard InChI is InChI=1S/C19H22N4O2S/c1-13(2)8-9-25-17-6-4-15(5-7-17)18(24)23-21-11-16(10-20)19-22-14(3)12-26-19/h4-7,11-13,21H,8-9H2,1-3H3,(H,23,24)/b16-11+. The van der Waals surface area contributed by atoms with Crippen LogP contribution in [0, 0.1) is 24.2 Å². The number of allylic oxidation sites excluding steroid dienone is 1. The second kappa shape index (κ2) is 9.59. The van der Waals surface area contributed by atoms with E-state index < -0.39 is 0 Å². The quantitative estimate of drug-likeness (QED) is 0.547. The molecule has 0 spiro atoms. The smallest absolute Gasteiger partial charge is 0.269 e. The van der Waals surface area contributed by atoms with Crippen LogP contribution in [0.25, 0.3) is 5.57 Å². The van der Waals surface area contributed by atoms with Gasteiger partial charge in [-0.2, -0.15) is 5.26 Å². The first-order valence-corrected chi connectivity index (χ1v) is 9.19. The molecule has 1 aromatic carbocycles. The van der Waals surface area contributed by atoms with E-state index in [9.17, 15) is 10.1 Å². The van der Waals surface area contributed by atoms with Crippen molar-refractivity contribution in [3.8, 4) is 11.8 Å². The molecule has 7 heteroatoms. The van der Waals surface area contributed by atoms with E-state index in [0.29, 0.717) is 28.7 Å². The van der Waals surface area contributed by atoms with E-state index in [1.807, 2.05) is 12.3 Å². The number of carbonyl (C=O) groups is 1. The zero-order valence-electron chi connectivity index (χ0n) is 15.1. The monoisotopic (exact) mass is 370 g/mol. The van der Waals surface area contributed by atoms with Crippen molar-refractivity contribution in [3.05, 3.63) is 52.1 Å². The highest BCUT2D eigenvalue weighted by atomic mass is 32.1. The lowest BCUT2D eigenvalue weighted by Gasteiger charge is -2.09. The third-order valence-corrected chi connectivity index (χ3v) is 4.45. The second-order valence-electron chi connectivity index (χ2n) is 6.12. The summed E-state index contributed by atoms with van der Waals surface area (Å²) in [6.45, 7) is 6.81. The Bertz CT molecular complexity index is 804. The molecule has 136 valence electrons. The van der Waals surface area contributed by atoms with Gasteiger partial charge in [-0.05, 0) is 43.5 Å². The summed E-state index contributed by atoms with van der Waals surface area (Å²) in [5, 5.41) is 11.7. The fourth-order valence-corrected chi connectivity index (χ4v) is 2.74. The van der Waals surface area contributed by atoms with E-state index in [2.05, 4.69) is 35.8 Å². The molecule has 26 heavy (non-hydrogen) atoms. The van der Waals surface area contributed by atoms with Gasteiger partial charge in [0.2, 0.25) is 0 Å². The summed E-state index contributed by atoms with van der Waals surface area (Å²) in [6.07, 6.45) is 2.41. The van der Waals surface area contributed by atoms with Crippen LogP contribution in [0.15, 0.2) is 35.8 Å². The minimum Gasteiger partial charge on any atom is -0.494 e. The van der Waals surface area contributed by atoms with E-state index in [-0.39, 0.29) is 5.91 Å². The third-order valence-electron chi connectivity index (χ3n) is 3.45. The number of ether oxygens (including phenoxy) is 1. The molecule has 0 saturated heterocycles. The summed E-state index contributed by atoms with van der Waals surface area (Å²) in [5.41, 5.74) is 6.90. The number of nitrogens with one attached hydrogen (secondary N) is 2. The lowest BCUT2D eigenvalue weighted by atomic mass is 10.1. The largest absolute Gasteiger partial charge is 0.494 e. The number of carbonyl (C=O) groups excluding carboxylic acids is 1. The molecule has 0 aliphatic heterocycles. The van der Waals surface area contributed by atoms with Crippen LogP contribution in [0.2, 0.25) is 0 Å². The predicted octanol–water partition coefficient (Wildman–Crippen LogP) is 3.68. The SMILES string of the molecule is Cc1csc(/C(C#N)=C/NNC(=O)c2ccc(OCCC(C)C)cc2)n1. The average molecular weight is 370 g/mol. The number of rotatable bonds is 8. The highest BCUT2D eigenvalue weighted by molar-refractivity contribution is 7.10. The minimum atomic E-state index is -0.303. The molecule has 0 aliphatic rings. The number of hydrazine groups is 1. The highest BCUT2D eigenvalue weighted by Gasteiger charge is 2.07. The Kier molecular flexibility index (Phi) is 7.18. The molecule has 1 heterocycles. The first-order chi connectivity index (χ1) is 12.5. The van der Waals surface area contributed by atoms with Gasteiger partial charge >= 0.3 is 0 Å². The van der Waals surface area contributed by atoms with Crippen LogP contribution < -0.4 is 15.6 Å². The summed E-state index contributed by atoms with van der Waals surface area (Å²) in [6, 6.07) is 8.99. The Morgan fingerprint density at radius 3 is 2.69 bits per heavy atom. The van der Waals surface area contributed by atoms with Crippen LogP contribution in [-0.4, -0.2) is 17.5 Å². The number of thiazole rings is 1. The number of nitrogens with zero attached hydrogens (tertiary/aromatic N) is 2. The van der Waals surface area contributed by atoms with Crippen LogP contribution in [0.5, 0.6) is 5.75 Å². The average Bonchev–Trinajstić information content (AvgIpc) is 3.05. The molecule has 0 radical (unpaired) electrons. The van der Waals surface area contributed by atoms with Gasteiger partial charge < -0.3 is 10.2 Å². The van der Waals surface area contributed by atoms with Gasteiger partial charge in [-0.25, -0.2) is 4.98 Å². The summed E-state index contributed by atoms with van der Waals surface area (Å²) in [7, 11) is 0. The summed E-state index contributed by atoms with van der Waals surface area (Å²) in [4.78, 5) is 16.4. The van der Waals surface area contributed by atoms with Crippen molar-refractivity contribution in [1.82, 2.24) is 15.8 Å². The molecule has 6 nitrogen and oxygen atoms in total. The number of aryl methyl sites for hydroxylation is 1. The first-order valence-electron chi connectivity index (χ1n) is 8.31. The van der Waals surface area contributed by atoms with Gasteiger partial charge in [-0.15, -0.1) is 11.3 Å². The lowest BCUT2D eigenvalue weighted by Crippen LogP contribution is -2.33. The van der Waals surface area contributed by atoms with Gasteiger partial charge in [0.15, 0.2) is 0 Å². The highest BCUT2D eigenvalue weighted by Crippen LogP contribution is 2.17. The van der Waals surface area contributed by atoms with E-state index in [1.165, 1.54) is 17.5 Å². The maximum atomic E-state index is 12.1. The Balaban J connectivity index is 1.87. The van der Waals surface area contributed by atoms with Crippen molar-refractivity contribution < 1.29 is 9.53 Å². The number of nitriles is 1. The van der Waals surface area contributed by atoms with Crippen LogP contribution in [0.1, 0.15) is 41.3 Å². The number of hydrogen-bond donors (Lipinski definition) is 2. The maximum Gasteiger partial charge on any atom is 0.269 e. The van der Waals surface area contributed by atoms with Crippen molar-refractivity contribution in [2.24, 2.45) is 5.92 Å². The summed E-state index contributed by atoms with van der Waals surface area (Å²) >= 11 is 1.38. The zero-order valence-corrected chi connectivity index (χ0v) is 15.9. The molecule has 0 bridgehead atoms. The fourth-order valence-electron chi connectivity index (χ4n) is 1.98. The second-order valence-corrected chi connectivity index (χ2v) is 6.98. The molecule has 1 aromatic heterocycles. The maximum absolute atomic E-state index is 12.1. The van der Waals surface area contributed by atoms with Gasteiger partial charge in [0.05, 0.1) is 6.61 Å². The molecule has 0 unspecified atom stereocenters. The van der Waals surface area contributed by atoms with Crippen LogP contribution >= 0.6 is 11.3 Å². The van der Waals surface area contributed by atoms with Crippen molar-refractivity contribution in [3.63, 3.8) is 0 Å². The molecule has 0 saturated carbocycles. The normalized spacial score (nSPS) is 11.1. The lowest BCUT2D eigenvalue weighted by molar-refractivity contribution is 0.0941. The number of aromatic nitrogens is 1. The number of hydrogen-bond acceptors (Lipinski definition) is 6. The van der Waals surface area contributed by atoms with Crippen LogP contribution in [0.3, 0.4) is 0 Å². The number of benzene rings is 1. The molecular formula is C19H22N4O2S. The van der Waals surface area contributed by atoms with Crippen molar-refractivity contribution in [2.45, 2.75) is 27.2 Å². The predicted molar refractivity (Wildman–Crippen MR) is 102 cm³/mol. The first kappa shape index (κ1) is 19.5. The van der Waals surface area contributed by atoms with Crippen molar-refractivity contribution >= 4 is 22.8 Å². The fraction of sp³-hybridized carbons (Fsp3) is 0.316. The molecule has 0 fully saturated rings.